The highest BCUT2D eigenvalue weighted by atomic mass is 32.2. The summed E-state index contributed by atoms with van der Waals surface area (Å²) in [5.74, 6) is -0.444. The molecule has 1 N–H and O–H groups in total. The van der Waals surface area contributed by atoms with E-state index in [0.29, 0.717) is 11.3 Å². The Balaban J connectivity index is 1.75. The summed E-state index contributed by atoms with van der Waals surface area (Å²) in [4.78, 5) is 4.06. The van der Waals surface area contributed by atoms with E-state index in [-0.39, 0.29) is 11.4 Å². The van der Waals surface area contributed by atoms with Crippen LogP contribution in [0.2, 0.25) is 0 Å². The zero-order valence-electron chi connectivity index (χ0n) is 13.0. The van der Waals surface area contributed by atoms with Gasteiger partial charge in [0.1, 0.15) is 5.82 Å². The van der Waals surface area contributed by atoms with Gasteiger partial charge < -0.3 is 4.57 Å². The number of nitrogens with zero attached hydrogens (tertiary/aromatic N) is 2. The van der Waals surface area contributed by atoms with Crippen LogP contribution in [-0.4, -0.2) is 18.0 Å². The summed E-state index contributed by atoms with van der Waals surface area (Å²) in [5, 5.41) is 0. The van der Waals surface area contributed by atoms with Gasteiger partial charge in [-0.15, -0.1) is 0 Å². The molecule has 2 aromatic carbocycles. The SMILES string of the molecule is Cc1ccc(S(=O)(=O)NCc2ccc(-n3ccnc3)c(F)c2)cc1. The average Bonchev–Trinajstić information content (AvgIpc) is 3.08. The Kier molecular flexibility index (Phi) is 4.46. The zero-order valence-corrected chi connectivity index (χ0v) is 13.8. The van der Waals surface area contributed by atoms with Crippen LogP contribution >= 0.6 is 0 Å². The quantitative estimate of drug-likeness (QED) is 0.773. The van der Waals surface area contributed by atoms with Crippen molar-refractivity contribution in [3.05, 3.63) is 78.1 Å². The molecule has 5 nitrogen and oxygen atoms in total. The van der Waals surface area contributed by atoms with Gasteiger partial charge >= 0.3 is 0 Å². The van der Waals surface area contributed by atoms with Crippen molar-refractivity contribution in [2.75, 3.05) is 0 Å². The number of halogens is 1. The molecule has 0 saturated heterocycles. The molecule has 1 heterocycles. The molecule has 0 saturated carbocycles. The van der Waals surface area contributed by atoms with Gasteiger partial charge in [-0.25, -0.2) is 22.5 Å². The third-order valence-corrected chi connectivity index (χ3v) is 5.01. The van der Waals surface area contributed by atoms with Gasteiger partial charge in [0.15, 0.2) is 0 Å². The van der Waals surface area contributed by atoms with Crippen molar-refractivity contribution in [3.63, 3.8) is 0 Å². The topological polar surface area (TPSA) is 64.0 Å². The number of nitrogens with one attached hydrogen (secondary N) is 1. The van der Waals surface area contributed by atoms with Crippen LogP contribution in [-0.2, 0) is 16.6 Å². The first-order valence-electron chi connectivity index (χ1n) is 7.29. The lowest BCUT2D eigenvalue weighted by Crippen LogP contribution is -2.23. The van der Waals surface area contributed by atoms with E-state index in [4.69, 9.17) is 0 Å². The van der Waals surface area contributed by atoms with E-state index < -0.39 is 15.8 Å². The van der Waals surface area contributed by atoms with E-state index in [2.05, 4.69) is 9.71 Å². The number of aryl methyl sites for hydroxylation is 1. The summed E-state index contributed by atoms with van der Waals surface area (Å²) < 4.78 is 42.7. The molecule has 24 heavy (non-hydrogen) atoms. The zero-order chi connectivity index (χ0) is 17.2. The fraction of sp³-hybridized carbons (Fsp3) is 0.118. The number of hydrogen-bond acceptors (Lipinski definition) is 3. The Bertz CT molecular complexity index is 936. The first-order valence-corrected chi connectivity index (χ1v) is 8.77. The standard InChI is InChI=1S/C17H16FN3O2S/c1-13-2-5-15(6-3-13)24(22,23)20-11-14-4-7-17(16(18)10-14)21-9-8-19-12-21/h2-10,12,20H,11H2,1H3. The van der Waals surface area contributed by atoms with Crippen molar-refractivity contribution >= 4 is 10.0 Å². The minimum atomic E-state index is -3.63. The first-order chi connectivity index (χ1) is 11.5. The third kappa shape index (κ3) is 3.52. The normalized spacial score (nSPS) is 11.6. The molecule has 0 aliphatic heterocycles. The molecular weight excluding hydrogens is 329 g/mol. The van der Waals surface area contributed by atoms with Gasteiger partial charge in [-0.1, -0.05) is 23.8 Å². The molecule has 3 rings (SSSR count). The van der Waals surface area contributed by atoms with E-state index in [1.807, 2.05) is 6.92 Å². The molecule has 0 amide bonds. The number of imidazole rings is 1. The average molecular weight is 345 g/mol. The number of rotatable bonds is 5. The Morgan fingerprint density at radius 1 is 1.17 bits per heavy atom. The molecule has 0 radical (unpaired) electrons. The first kappa shape index (κ1) is 16.4. The van der Waals surface area contributed by atoms with Crippen LogP contribution in [0.1, 0.15) is 11.1 Å². The number of aromatic nitrogens is 2. The molecule has 1 aromatic heterocycles. The third-order valence-electron chi connectivity index (χ3n) is 3.59. The maximum Gasteiger partial charge on any atom is 0.240 e. The Hall–Kier alpha value is -2.51. The van der Waals surface area contributed by atoms with E-state index in [1.54, 1.807) is 53.4 Å². The predicted molar refractivity (Wildman–Crippen MR) is 88.7 cm³/mol. The maximum atomic E-state index is 14.2. The summed E-state index contributed by atoms with van der Waals surface area (Å²) >= 11 is 0. The second-order valence-electron chi connectivity index (χ2n) is 5.39. The molecule has 7 heteroatoms. The molecule has 0 fully saturated rings. The molecule has 0 unspecified atom stereocenters. The van der Waals surface area contributed by atoms with Gasteiger partial charge in [0.2, 0.25) is 10.0 Å². The van der Waals surface area contributed by atoms with Crippen LogP contribution in [0.5, 0.6) is 0 Å². The molecule has 3 aromatic rings. The van der Waals surface area contributed by atoms with Crippen molar-refractivity contribution in [1.82, 2.24) is 14.3 Å². The van der Waals surface area contributed by atoms with Gasteiger partial charge in [0, 0.05) is 18.9 Å². The smallest absolute Gasteiger partial charge is 0.240 e. The molecular formula is C17H16FN3O2S. The van der Waals surface area contributed by atoms with Crippen LogP contribution in [0.3, 0.4) is 0 Å². The van der Waals surface area contributed by atoms with Gasteiger partial charge in [-0.2, -0.15) is 0 Å². The van der Waals surface area contributed by atoms with Crippen LogP contribution in [0.25, 0.3) is 5.69 Å². The highest BCUT2D eigenvalue weighted by Crippen LogP contribution is 2.16. The van der Waals surface area contributed by atoms with Crippen molar-refractivity contribution in [1.29, 1.82) is 0 Å². The molecule has 0 spiro atoms. The molecule has 124 valence electrons. The Labute approximate surface area is 139 Å². The summed E-state index contributed by atoms with van der Waals surface area (Å²) in [7, 11) is -3.63. The summed E-state index contributed by atoms with van der Waals surface area (Å²) in [6.45, 7) is 1.89. The summed E-state index contributed by atoms with van der Waals surface area (Å²) in [6, 6.07) is 11.1. The van der Waals surface area contributed by atoms with E-state index >= 15 is 0 Å². The maximum absolute atomic E-state index is 14.2. The van der Waals surface area contributed by atoms with Crippen molar-refractivity contribution in [2.24, 2.45) is 0 Å². The second kappa shape index (κ2) is 6.54. The monoisotopic (exact) mass is 345 g/mol. The van der Waals surface area contributed by atoms with Crippen LogP contribution in [0, 0.1) is 12.7 Å². The lowest BCUT2D eigenvalue weighted by molar-refractivity contribution is 0.580. The van der Waals surface area contributed by atoms with Crippen molar-refractivity contribution < 1.29 is 12.8 Å². The highest BCUT2D eigenvalue weighted by molar-refractivity contribution is 7.89. The van der Waals surface area contributed by atoms with Crippen molar-refractivity contribution in [2.45, 2.75) is 18.4 Å². The fourth-order valence-electron chi connectivity index (χ4n) is 2.25. The number of hydrogen-bond donors (Lipinski definition) is 1. The minimum Gasteiger partial charge on any atom is -0.303 e. The van der Waals surface area contributed by atoms with Gasteiger partial charge in [0.25, 0.3) is 0 Å². The van der Waals surface area contributed by atoms with E-state index in [9.17, 15) is 12.8 Å². The highest BCUT2D eigenvalue weighted by Gasteiger charge is 2.14. The fourth-order valence-corrected chi connectivity index (χ4v) is 3.27. The van der Waals surface area contributed by atoms with Gasteiger partial charge in [0.05, 0.1) is 16.9 Å². The van der Waals surface area contributed by atoms with Crippen LogP contribution < -0.4 is 4.72 Å². The Morgan fingerprint density at radius 3 is 2.54 bits per heavy atom. The lowest BCUT2D eigenvalue weighted by Gasteiger charge is -2.09. The predicted octanol–water partition coefficient (Wildman–Crippen LogP) is 2.80. The molecule has 0 bridgehead atoms. The van der Waals surface area contributed by atoms with Gasteiger partial charge in [-0.3, -0.25) is 0 Å². The van der Waals surface area contributed by atoms with Gasteiger partial charge in [-0.05, 0) is 36.8 Å². The largest absolute Gasteiger partial charge is 0.303 e. The lowest BCUT2D eigenvalue weighted by atomic mass is 10.2. The minimum absolute atomic E-state index is 0.0112. The van der Waals surface area contributed by atoms with Crippen molar-refractivity contribution in [3.8, 4) is 5.69 Å². The summed E-state index contributed by atoms with van der Waals surface area (Å²) in [5.41, 5.74) is 1.87. The number of benzene rings is 2. The van der Waals surface area contributed by atoms with E-state index in [0.717, 1.165) is 5.56 Å². The molecule has 0 aliphatic rings. The second-order valence-corrected chi connectivity index (χ2v) is 7.16. The Morgan fingerprint density at radius 2 is 1.92 bits per heavy atom. The van der Waals surface area contributed by atoms with Crippen LogP contribution in [0.15, 0.2) is 66.1 Å². The molecule has 0 aliphatic carbocycles. The summed E-state index contributed by atoms with van der Waals surface area (Å²) in [6.07, 6.45) is 4.69. The van der Waals surface area contributed by atoms with E-state index in [1.165, 1.54) is 12.4 Å². The van der Waals surface area contributed by atoms with Crippen LogP contribution in [0.4, 0.5) is 4.39 Å². The number of sulfonamides is 1. The molecule has 0 atom stereocenters.